The molecule has 18 nitrogen and oxygen atoms in total. The van der Waals surface area contributed by atoms with E-state index in [4.69, 9.17) is 37.9 Å². The van der Waals surface area contributed by atoms with Crippen molar-refractivity contribution in [3.05, 3.63) is 0 Å². The van der Waals surface area contributed by atoms with Crippen LogP contribution < -0.4 is 0 Å². The molecule has 0 aromatic rings. The van der Waals surface area contributed by atoms with E-state index in [2.05, 4.69) is 34.6 Å². The molecule has 0 unspecified atom stereocenters. The van der Waals surface area contributed by atoms with Gasteiger partial charge in [-0.1, -0.05) is 27.7 Å². The predicted octanol–water partition coefficient (Wildman–Crippen LogP) is 0.397. The number of carbonyl (C=O) groups is 1. The van der Waals surface area contributed by atoms with E-state index in [0.29, 0.717) is 25.7 Å². The molecule has 24 atom stereocenters. The maximum absolute atomic E-state index is 12.4. The average Bonchev–Trinajstić information content (AvgIpc) is 3.58. The van der Waals surface area contributed by atoms with Gasteiger partial charge in [0.1, 0.15) is 42.7 Å². The third kappa shape index (κ3) is 7.44. The summed E-state index contributed by atoms with van der Waals surface area (Å²) in [5.41, 5.74) is -3.47. The third-order valence-corrected chi connectivity index (χ3v) is 19.2. The van der Waals surface area contributed by atoms with Gasteiger partial charge in [0.2, 0.25) is 0 Å². The zero-order chi connectivity index (χ0) is 47.2. The molecule has 9 N–H and O–H groups in total. The Hall–Kier alpha value is -1.17. The molecule has 0 aromatic heterocycles. The van der Waals surface area contributed by atoms with E-state index in [9.17, 15) is 50.8 Å². The summed E-state index contributed by atoms with van der Waals surface area (Å²) in [7, 11) is 0. The van der Waals surface area contributed by atoms with Gasteiger partial charge in [0, 0.05) is 12.8 Å². The van der Waals surface area contributed by atoms with E-state index >= 15 is 0 Å². The lowest BCUT2D eigenvalue weighted by molar-refractivity contribution is -0.359. The Kier molecular flexibility index (Phi) is 12.4. The van der Waals surface area contributed by atoms with E-state index in [1.807, 2.05) is 0 Å². The number of fused-ring (bicyclic) bond motifs is 2. The van der Waals surface area contributed by atoms with Crippen molar-refractivity contribution < 1.29 is 88.6 Å². The molecule has 4 heterocycles. The maximum atomic E-state index is 12.4. The van der Waals surface area contributed by atoms with E-state index in [0.717, 1.165) is 32.1 Å². The number of esters is 1. The summed E-state index contributed by atoms with van der Waals surface area (Å²) in [6, 6.07) is 0. The van der Waals surface area contributed by atoms with Crippen LogP contribution in [0.5, 0.6) is 0 Å². The van der Waals surface area contributed by atoms with Crippen molar-refractivity contribution in [2.45, 2.75) is 223 Å². The highest BCUT2D eigenvalue weighted by atomic mass is 16.8. The van der Waals surface area contributed by atoms with Gasteiger partial charge >= 0.3 is 5.97 Å². The topological polar surface area (TPSA) is 273 Å². The van der Waals surface area contributed by atoms with Crippen molar-refractivity contribution in [2.75, 3.05) is 19.8 Å². The average molecular weight is 929 g/mol. The molecule has 372 valence electrons. The highest BCUT2D eigenvalue weighted by Crippen LogP contribution is 2.89. The summed E-state index contributed by atoms with van der Waals surface area (Å²) in [5, 5.41) is 98.3. The third-order valence-electron chi connectivity index (χ3n) is 19.2. The molecular formula is C47H76O18. The smallest absolute Gasteiger partial charge is 0.303 e. The van der Waals surface area contributed by atoms with Gasteiger partial charge in [0.15, 0.2) is 31.1 Å². The molecule has 65 heavy (non-hydrogen) atoms. The van der Waals surface area contributed by atoms with Crippen LogP contribution in [0.25, 0.3) is 0 Å². The Balaban J connectivity index is 1.04. The number of ether oxygens (including phenoxy) is 8. The fourth-order valence-electron chi connectivity index (χ4n) is 16.1. The summed E-state index contributed by atoms with van der Waals surface area (Å²) in [5.74, 6) is -1.02. The number of rotatable bonds is 9. The highest BCUT2D eigenvalue weighted by Gasteiger charge is 2.85. The Morgan fingerprint density at radius 1 is 0.631 bits per heavy atom. The van der Waals surface area contributed by atoms with Crippen LogP contribution in [-0.2, 0) is 42.7 Å². The number of aliphatic hydroxyl groups is 9. The molecular weight excluding hydrogens is 852 g/mol. The summed E-state index contributed by atoms with van der Waals surface area (Å²) in [4.78, 5) is 12.4. The van der Waals surface area contributed by atoms with Crippen LogP contribution in [0.4, 0.5) is 0 Å². The molecule has 0 aromatic carbocycles. The van der Waals surface area contributed by atoms with E-state index < -0.39 is 115 Å². The second kappa shape index (κ2) is 16.5. The van der Waals surface area contributed by atoms with Gasteiger partial charge in [-0.2, -0.15) is 0 Å². The Bertz CT molecular complexity index is 1780. The molecule has 9 fully saturated rings. The minimum atomic E-state index is -1.69. The zero-order valence-electron chi connectivity index (χ0n) is 39.2. The van der Waals surface area contributed by atoms with Crippen LogP contribution in [0.2, 0.25) is 0 Å². The highest BCUT2D eigenvalue weighted by molar-refractivity contribution is 5.66. The molecule has 9 rings (SSSR count). The van der Waals surface area contributed by atoms with Crippen molar-refractivity contribution in [2.24, 2.45) is 44.8 Å². The van der Waals surface area contributed by atoms with Crippen LogP contribution in [-0.4, -0.2) is 181 Å². The summed E-state index contributed by atoms with van der Waals surface area (Å²) >= 11 is 0. The first kappa shape index (κ1) is 48.8. The summed E-state index contributed by atoms with van der Waals surface area (Å²) in [6.45, 7) is 14.9. The maximum Gasteiger partial charge on any atom is 0.303 e. The second-order valence-corrected chi connectivity index (χ2v) is 23.6. The molecule has 0 radical (unpaired) electrons. The van der Waals surface area contributed by atoms with E-state index in [1.54, 1.807) is 13.8 Å². The summed E-state index contributed by atoms with van der Waals surface area (Å²) < 4.78 is 50.1. The molecule has 5 saturated carbocycles. The monoisotopic (exact) mass is 929 g/mol. The first-order valence-electron chi connectivity index (χ1n) is 24.1. The molecule has 4 aliphatic heterocycles. The lowest BCUT2D eigenvalue weighted by atomic mass is 9.41. The van der Waals surface area contributed by atoms with Gasteiger partial charge in [0.25, 0.3) is 0 Å². The quantitative estimate of drug-likeness (QED) is 0.112. The number of aliphatic hydroxyl groups excluding tert-OH is 8. The Labute approximate surface area is 381 Å². The van der Waals surface area contributed by atoms with Crippen LogP contribution in [0.1, 0.15) is 113 Å². The van der Waals surface area contributed by atoms with Gasteiger partial charge in [0.05, 0.1) is 55.4 Å². The standard InChI is InChI=1S/C47H76O18/c1-21(48)61-34-25(52)19-60-40(35(34)64-39-33(56)31(54)24(51)18-59-39)63-28-10-12-47-20-46(47)14-13-43(6)36(45(8)11-9-29(65-45)42(4,5)57)22(49)16-44(43,7)27(46)15-26(37(47)41(28,2)3)62-38-32(55)30(53)23(50)17-58-38/h22-40,49-57H,9-20H2,1-8H3/t22-,23-,24-,25+,26-,27-,28+,29-,30-,31-,32-,33+,34+,35+,36+,37+,38-,39-,40+,43+,44-,45-,46-,47+/m0/s1. The predicted molar refractivity (Wildman–Crippen MR) is 224 cm³/mol. The van der Waals surface area contributed by atoms with Crippen LogP contribution in [0.15, 0.2) is 0 Å². The molecule has 0 amide bonds. The van der Waals surface area contributed by atoms with Gasteiger partial charge in [-0.05, 0) is 117 Å². The van der Waals surface area contributed by atoms with Crippen molar-refractivity contribution in [1.29, 1.82) is 0 Å². The SMILES string of the molecule is CC(=O)O[C@H]1[C@@H](O[C@@H]2OC[C@H](O)[C@H](O)[C@H]2O)[C@@H](O[C@@H]2CC[C@]34C[C@]35CC[C@]3(C)[C@H]([C@]6(C)CC[C@@H](C(C)(C)O)O6)[C@@H](O)C[C@@]3(C)[C@@H]5C[C@H](O[C@@H]3OC[C@H](O)[C@H](O)[C@@H]3O)[C@@H]4C2(C)C)OC[C@H]1O. The minimum absolute atomic E-state index is 0.0791. The van der Waals surface area contributed by atoms with Crippen molar-refractivity contribution in [3.8, 4) is 0 Å². The normalized spacial score (nSPS) is 56.2. The largest absolute Gasteiger partial charge is 0.457 e. The minimum Gasteiger partial charge on any atom is -0.457 e. The van der Waals surface area contributed by atoms with Crippen LogP contribution in [0, 0.1) is 44.8 Å². The first-order valence-corrected chi connectivity index (χ1v) is 24.1. The Morgan fingerprint density at radius 3 is 1.83 bits per heavy atom. The Morgan fingerprint density at radius 2 is 1.23 bits per heavy atom. The van der Waals surface area contributed by atoms with Gasteiger partial charge < -0.3 is 83.9 Å². The van der Waals surface area contributed by atoms with Crippen molar-refractivity contribution in [1.82, 2.24) is 0 Å². The van der Waals surface area contributed by atoms with Gasteiger partial charge in [-0.15, -0.1) is 0 Å². The van der Waals surface area contributed by atoms with Crippen molar-refractivity contribution in [3.63, 3.8) is 0 Å². The van der Waals surface area contributed by atoms with Crippen LogP contribution in [0.3, 0.4) is 0 Å². The van der Waals surface area contributed by atoms with Crippen molar-refractivity contribution >= 4 is 5.97 Å². The van der Waals surface area contributed by atoms with Crippen LogP contribution >= 0.6 is 0 Å². The second-order valence-electron chi connectivity index (χ2n) is 23.6. The lowest BCUT2D eigenvalue weighted by Crippen LogP contribution is -2.65. The van der Waals surface area contributed by atoms with E-state index in [-0.39, 0.29) is 65.3 Å². The lowest BCUT2D eigenvalue weighted by Gasteiger charge is -2.65. The molecule has 2 spiro atoms. The summed E-state index contributed by atoms with van der Waals surface area (Å²) in [6.07, 6.45) is -12.5. The molecule has 18 heteroatoms. The van der Waals surface area contributed by atoms with E-state index in [1.165, 1.54) is 6.92 Å². The number of hydrogen-bond acceptors (Lipinski definition) is 18. The van der Waals surface area contributed by atoms with Gasteiger partial charge in [-0.25, -0.2) is 0 Å². The first-order chi connectivity index (χ1) is 30.2. The zero-order valence-corrected chi connectivity index (χ0v) is 39.2. The number of hydrogen-bond donors (Lipinski definition) is 9. The molecule has 9 aliphatic rings. The number of carbonyl (C=O) groups excluding carboxylic acids is 1. The molecule has 4 saturated heterocycles. The molecule has 0 bridgehead atoms. The fraction of sp³-hybridized carbons (Fsp3) is 0.979. The van der Waals surface area contributed by atoms with Gasteiger partial charge in [-0.3, -0.25) is 4.79 Å². The molecule has 5 aliphatic carbocycles. The fourth-order valence-corrected chi connectivity index (χ4v) is 16.1.